The zero-order valence-corrected chi connectivity index (χ0v) is 12.1. The smallest absolute Gasteiger partial charge is 0.105 e. The molecule has 18 heavy (non-hydrogen) atoms. The van der Waals surface area contributed by atoms with Crippen molar-refractivity contribution in [1.82, 2.24) is 0 Å². The van der Waals surface area contributed by atoms with E-state index in [9.17, 15) is 10.2 Å². The maximum atomic E-state index is 9.90. The van der Waals surface area contributed by atoms with Crippen molar-refractivity contribution >= 4 is 0 Å². The predicted octanol–water partition coefficient (Wildman–Crippen LogP) is 2.56. The average Bonchev–Trinajstić information content (AvgIpc) is 2.27. The average molecular weight is 256 g/mol. The Bertz CT molecular complexity index is 286. The molecule has 3 nitrogen and oxygen atoms in total. The third kappa shape index (κ3) is 7.64. The van der Waals surface area contributed by atoms with Crippen molar-refractivity contribution in [2.45, 2.75) is 65.1 Å². The highest BCUT2D eigenvalue weighted by molar-refractivity contribution is 5.02. The molecular formula is C15H28O3. The largest absolute Gasteiger partial charge is 0.394 e. The van der Waals surface area contributed by atoms with Gasteiger partial charge in [0.2, 0.25) is 0 Å². The summed E-state index contributed by atoms with van der Waals surface area (Å²) >= 11 is 0. The van der Waals surface area contributed by atoms with Crippen LogP contribution >= 0.6 is 0 Å². The monoisotopic (exact) mass is 256 g/mol. The van der Waals surface area contributed by atoms with Crippen LogP contribution in [0, 0.1) is 0 Å². The zero-order valence-electron chi connectivity index (χ0n) is 12.1. The van der Waals surface area contributed by atoms with E-state index >= 15 is 0 Å². The van der Waals surface area contributed by atoms with Crippen molar-refractivity contribution in [3.05, 3.63) is 23.3 Å². The number of rotatable bonds is 8. The minimum atomic E-state index is -1.22. The molecule has 3 N–H and O–H groups in total. The Morgan fingerprint density at radius 3 is 2.28 bits per heavy atom. The standard InChI is InChI=1S/C15H28O3/c1-12(2)7-5-8-13(3)9-6-10-15(4,18)14(17)11-16/h7,9,14,16-18H,5-6,8,10-11H2,1-4H3/b13-9+/t14-,15+/m1/s1. The van der Waals surface area contributed by atoms with Gasteiger partial charge in [-0.05, 0) is 53.4 Å². The fraction of sp³-hybridized carbons (Fsp3) is 0.733. The Hall–Kier alpha value is -0.640. The molecular weight excluding hydrogens is 228 g/mol. The molecule has 106 valence electrons. The lowest BCUT2D eigenvalue weighted by Gasteiger charge is -2.27. The molecule has 3 heteroatoms. The van der Waals surface area contributed by atoms with Crippen molar-refractivity contribution < 1.29 is 15.3 Å². The molecule has 0 unspecified atom stereocenters. The molecule has 2 atom stereocenters. The summed E-state index contributed by atoms with van der Waals surface area (Å²) in [5.41, 5.74) is 1.41. The van der Waals surface area contributed by atoms with Gasteiger partial charge < -0.3 is 15.3 Å². The Balaban J connectivity index is 4.04. The van der Waals surface area contributed by atoms with Crippen molar-refractivity contribution in [2.75, 3.05) is 6.61 Å². The first-order chi connectivity index (χ1) is 8.29. The van der Waals surface area contributed by atoms with Crippen LogP contribution in [0.25, 0.3) is 0 Å². The predicted molar refractivity (Wildman–Crippen MR) is 75.4 cm³/mol. The molecule has 0 spiro atoms. The molecule has 0 aliphatic heterocycles. The fourth-order valence-corrected chi connectivity index (χ4v) is 1.66. The van der Waals surface area contributed by atoms with E-state index in [4.69, 9.17) is 5.11 Å². The lowest BCUT2D eigenvalue weighted by molar-refractivity contribution is -0.0866. The number of aliphatic hydroxyl groups is 3. The van der Waals surface area contributed by atoms with E-state index < -0.39 is 18.3 Å². The third-order valence-corrected chi connectivity index (χ3v) is 3.13. The van der Waals surface area contributed by atoms with E-state index in [2.05, 4.69) is 32.9 Å². The first-order valence-electron chi connectivity index (χ1n) is 6.60. The number of allylic oxidation sites excluding steroid dienone is 4. The van der Waals surface area contributed by atoms with E-state index in [1.807, 2.05) is 0 Å². The second-order valence-electron chi connectivity index (χ2n) is 5.46. The summed E-state index contributed by atoms with van der Waals surface area (Å²) in [4.78, 5) is 0. The Labute approximate surface area is 111 Å². The maximum Gasteiger partial charge on any atom is 0.105 e. The van der Waals surface area contributed by atoms with Gasteiger partial charge in [0.15, 0.2) is 0 Å². The van der Waals surface area contributed by atoms with Gasteiger partial charge in [0.1, 0.15) is 6.10 Å². The SMILES string of the molecule is CC(C)=CCC/C(C)=C/CC[C@](C)(O)[C@H](O)CO. The van der Waals surface area contributed by atoms with Gasteiger partial charge in [-0.25, -0.2) is 0 Å². The van der Waals surface area contributed by atoms with Crippen molar-refractivity contribution in [2.24, 2.45) is 0 Å². The van der Waals surface area contributed by atoms with Gasteiger partial charge in [0.05, 0.1) is 12.2 Å². The summed E-state index contributed by atoms with van der Waals surface area (Å²) in [5.74, 6) is 0. The van der Waals surface area contributed by atoms with Crippen LogP contribution in [0.2, 0.25) is 0 Å². The van der Waals surface area contributed by atoms with E-state index in [0.717, 1.165) is 12.8 Å². The van der Waals surface area contributed by atoms with Gasteiger partial charge in [0, 0.05) is 0 Å². The highest BCUT2D eigenvalue weighted by atomic mass is 16.4. The molecule has 0 rings (SSSR count). The van der Waals surface area contributed by atoms with E-state index in [-0.39, 0.29) is 0 Å². The van der Waals surface area contributed by atoms with Crippen LogP contribution in [0.4, 0.5) is 0 Å². The van der Waals surface area contributed by atoms with Gasteiger partial charge in [-0.3, -0.25) is 0 Å². The molecule has 0 aromatic heterocycles. The maximum absolute atomic E-state index is 9.90. The Morgan fingerprint density at radius 1 is 1.17 bits per heavy atom. The van der Waals surface area contributed by atoms with Gasteiger partial charge in [-0.1, -0.05) is 23.3 Å². The molecule has 0 saturated carbocycles. The first kappa shape index (κ1) is 17.4. The Kier molecular flexibility index (Phi) is 8.16. The highest BCUT2D eigenvalue weighted by Gasteiger charge is 2.28. The Morgan fingerprint density at radius 2 is 1.78 bits per heavy atom. The highest BCUT2D eigenvalue weighted by Crippen LogP contribution is 2.18. The van der Waals surface area contributed by atoms with E-state index in [0.29, 0.717) is 12.8 Å². The van der Waals surface area contributed by atoms with E-state index in [1.54, 1.807) is 6.92 Å². The molecule has 0 fully saturated rings. The van der Waals surface area contributed by atoms with Crippen LogP contribution in [0.15, 0.2) is 23.3 Å². The normalized spacial score (nSPS) is 17.2. The van der Waals surface area contributed by atoms with Crippen LogP contribution in [0.3, 0.4) is 0 Å². The zero-order chi connectivity index (χ0) is 14.2. The van der Waals surface area contributed by atoms with Gasteiger partial charge in [0.25, 0.3) is 0 Å². The van der Waals surface area contributed by atoms with Crippen LogP contribution in [-0.4, -0.2) is 33.6 Å². The second kappa shape index (κ2) is 8.46. The number of hydrogen-bond donors (Lipinski definition) is 3. The summed E-state index contributed by atoms with van der Waals surface area (Å²) in [5, 5.41) is 28.1. The van der Waals surface area contributed by atoms with Crippen molar-refractivity contribution in [3.63, 3.8) is 0 Å². The molecule has 0 amide bonds. The molecule has 0 bridgehead atoms. The molecule has 0 heterocycles. The molecule has 0 aromatic carbocycles. The third-order valence-electron chi connectivity index (χ3n) is 3.13. The van der Waals surface area contributed by atoms with E-state index in [1.165, 1.54) is 11.1 Å². The summed E-state index contributed by atoms with van der Waals surface area (Å²) in [7, 11) is 0. The lowest BCUT2D eigenvalue weighted by Crippen LogP contribution is -2.41. The molecule has 0 aliphatic carbocycles. The van der Waals surface area contributed by atoms with Gasteiger partial charge in [-0.15, -0.1) is 0 Å². The van der Waals surface area contributed by atoms with Crippen molar-refractivity contribution in [3.8, 4) is 0 Å². The lowest BCUT2D eigenvalue weighted by atomic mass is 9.93. The second-order valence-corrected chi connectivity index (χ2v) is 5.46. The van der Waals surface area contributed by atoms with Crippen LogP contribution in [0.1, 0.15) is 53.4 Å². The van der Waals surface area contributed by atoms with Crippen LogP contribution in [0.5, 0.6) is 0 Å². The van der Waals surface area contributed by atoms with Crippen LogP contribution in [-0.2, 0) is 0 Å². The van der Waals surface area contributed by atoms with Crippen molar-refractivity contribution in [1.29, 1.82) is 0 Å². The summed E-state index contributed by atoms with van der Waals surface area (Å²) in [6, 6.07) is 0. The van der Waals surface area contributed by atoms with Crippen LogP contribution < -0.4 is 0 Å². The topological polar surface area (TPSA) is 60.7 Å². The molecule has 0 saturated heterocycles. The number of aliphatic hydroxyl groups excluding tert-OH is 2. The molecule has 0 aliphatic rings. The fourth-order valence-electron chi connectivity index (χ4n) is 1.66. The summed E-state index contributed by atoms with van der Waals surface area (Å²) in [6.07, 6.45) is 6.47. The minimum Gasteiger partial charge on any atom is -0.394 e. The quantitative estimate of drug-likeness (QED) is 0.585. The molecule has 0 aromatic rings. The summed E-state index contributed by atoms with van der Waals surface area (Å²) in [6.45, 7) is 7.41. The molecule has 0 radical (unpaired) electrons. The first-order valence-corrected chi connectivity index (χ1v) is 6.60. The van der Waals surface area contributed by atoms with Gasteiger partial charge >= 0.3 is 0 Å². The number of hydrogen-bond acceptors (Lipinski definition) is 3. The summed E-state index contributed by atoms with van der Waals surface area (Å²) < 4.78 is 0. The minimum absolute atomic E-state index is 0.406. The van der Waals surface area contributed by atoms with Gasteiger partial charge in [-0.2, -0.15) is 0 Å².